The number of nitrogens with one attached hydrogen (secondary N) is 1. The van der Waals surface area contributed by atoms with E-state index in [1.807, 2.05) is 20.8 Å². The van der Waals surface area contributed by atoms with Crippen LogP contribution in [0.1, 0.15) is 27.2 Å². The molecule has 2 nitrogen and oxygen atoms in total. The third-order valence-electron chi connectivity index (χ3n) is 1.53. The molecule has 0 aliphatic carbocycles. The number of hydrogen-bond acceptors (Lipinski definition) is 2. The topological polar surface area (TPSA) is 32.3 Å². The summed E-state index contributed by atoms with van der Waals surface area (Å²) in [5, 5.41) is 11.9. The number of halogens is 2. The molecule has 0 aliphatic heterocycles. The standard InChI is InChI=1S/C9H19F2NO/c1-9(2,3)4-7(13)5-12-6-8(10)11/h7-8,12-13H,4-6H2,1-3H3. The van der Waals surface area contributed by atoms with Gasteiger partial charge in [0.2, 0.25) is 0 Å². The molecule has 0 saturated heterocycles. The van der Waals surface area contributed by atoms with Crippen molar-refractivity contribution in [3.8, 4) is 0 Å². The van der Waals surface area contributed by atoms with Crippen LogP contribution in [0.2, 0.25) is 0 Å². The summed E-state index contributed by atoms with van der Waals surface area (Å²) in [4.78, 5) is 0. The van der Waals surface area contributed by atoms with Crippen molar-refractivity contribution in [2.24, 2.45) is 5.41 Å². The van der Waals surface area contributed by atoms with Crippen LogP contribution in [-0.4, -0.2) is 30.7 Å². The fourth-order valence-corrected chi connectivity index (χ4v) is 1.14. The van der Waals surface area contributed by atoms with E-state index >= 15 is 0 Å². The third kappa shape index (κ3) is 9.70. The first kappa shape index (κ1) is 12.8. The van der Waals surface area contributed by atoms with Crippen molar-refractivity contribution in [3.63, 3.8) is 0 Å². The molecule has 1 unspecified atom stereocenters. The second kappa shape index (κ2) is 5.50. The summed E-state index contributed by atoms with van der Waals surface area (Å²) < 4.78 is 23.4. The van der Waals surface area contributed by atoms with Crippen molar-refractivity contribution in [2.75, 3.05) is 13.1 Å². The molecule has 1 atom stereocenters. The molecule has 0 spiro atoms. The zero-order chi connectivity index (χ0) is 10.5. The minimum Gasteiger partial charge on any atom is -0.392 e. The molecular weight excluding hydrogens is 176 g/mol. The van der Waals surface area contributed by atoms with Gasteiger partial charge in [0.1, 0.15) is 0 Å². The first-order valence-electron chi connectivity index (χ1n) is 4.48. The molecule has 0 fully saturated rings. The van der Waals surface area contributed by atoms with E-state index in [1.54, 1.807) is 0 Å². The molecule has 0 aromatic carbocycles. The summed E-state index contributed by atoms with van der Waals surface area (Å²) >= 11 is 0. The van der Waals surface area contributed by atoms with Crippen molar-refractivity contribution in [2.45, 2.75) is 39.7 Å². The van der Waals surface area contributed by atoms with Crippen LogP contribution in [0.3, 0.4) is 0 Å². The van der Waals surface area contributed by atoms with Gasteiger partial charge in [0, 0.05) is 6.54 Å². The van der Waals surface area contributed by atoms with Gasteiger partial charge in [-0.2, -0.15) is 0 Å². The summed E-state index contributed by atoms with van der Waals surface area (Å²) in [5.41, 5.74) is 0.0337. The largest absolute Gasteiger partial charge is 0.392 e. The molecule has 0 rings (SSSR count). The van der Waals surface area contributed by atoms with Gasteiger partial charge in [0.25, 0.3) is 6.43 Å². The monoisotopic (exact) mass is 195 g/mol. The highest BCUT2D eigenvalue weighted by Gasteiger charge is 2.16. The molecule has 13 heavy (non-hydrogen) atoms. The van der Waals surface area contributed by atoms with E-state index in [-0.39, 0.29) is 18.5 Å². The zero-order valence-electron chi connectivity index (χ0n) is 8.48. The summed E-state index contributed by atoms with van der Waals surface area (Å²) in [5.74, 6) is 0. The average molecular weight is 195 g/mol. The van der Waals surface area contributed by atoms with Crippen molar-refractivity contribution in [1.29, 1.82) is 0 Å². The molecule has 0 aromatic rings. The molecule has 2 N–H and O–H groups in total. The van der Waals surface area contributed by atoms with E-state index in [1.165, 1.54) is 0 Å². The Morgan fingerprint density at radius 2 is 1.77 bits per heavy atom. The summed E-state index contributed by atoms with van der Waals surface area (Å²) in [6, 6.07) is 0. The molecule has 0 heterocycles. The molecule has 80 valence electrons. The van der Waals surface area contributed by atoms with Crippen LogP contribution < -0.4 is 5.32 Å². The smallest absolute Gasteiger partial charge is 0.250 e. The predicted molar refractivity (Wildman–Crippen MR) is 49.0 cm³/mol. The first-order chi connectivity index (χ1) is 5.81. The zero-order valence-corrected chi connectivity index (χ0v) is 8.48. The summed E-state index contributed by atoms with van der Waals surface area (Å²) in [6.45, 7) is 5.90. The maximum atomic E-state index is 11.7. The van der Waals surface area contributed by atoms with Gasteiger partial charge < -0.3 is 10.4 Å². The highest BCUT2D eigenvalue weighted by Crippen LogP contribution is 2.20. The quantitative estimate of drug-likeness (QED) is 0.699. The Morgan fingerprint density at radius 1 is 1.23 bits per heavy atom. The van der Waals surface area contributed by atoms with Crippen LogP contribution in [0.15, 0.2) is 0 Å². The van der Waals surface area contributed by atoms with E-state index in [2.05, 4.69) is 5.32 Å². The number of aliphatic hydroxyl groups is 1. The van der Waals surface area contributed by atoms with Crippen LogP contribution in [0.25, 0.3) is 0 Å². The summed E-state index contributed by atoms with van der Waals surface area (Å²) in [7, 11) is 0. The lowest BCUT2D eigenvalue weighted by molar-refractivity contribution is 0.105. The number of rotatable bonds is 5. The van der Waals surface area contributed by atoms with Crippen molar-refractivity contribution >= 4 is 0 Å². The Balaban J connectivity index is 3.46. The maximum Gasteiger partial charge on any atom is 0.250 e. The lowest BCUT2D eigenvalue weighted by atomic mass is 9.89. The lowest BCUT2D eigenvalue weighted by Crippen LogP contribution is -2.32. The fraction of sp³-hybridized carbons (Fsp3) is 1.00. The molecule has 0 bridgehead atoms. The van der Waals surface area contributed by atoms with Crippen molar-refractivity contribution in [3.05, 3.63) is 0 Å². The molecule has 0 amide bonds. The Hall–Kier alpha value is -0.220. The van der Waals surface area contributed by atoms with E-state index in [4.69, 9.17) is 0 Å². The van der Waals surface area contributed by atoms with Crippen molar-refractivity contribution < 1.29 is 13.9 Å². The average Bonchev–Trinajstić information content (AvgIpc) is 1.81. The van der Waals surface area contributed by atoms with Crippen LogP contribution >= 0.6 is 0 Å². The van der Waals surface area contributed by atoms with Crippen molar-refractivity contribution in [1.82, 2.24) is 5.32 Å². The molecule has 4 heteroatoms. The first-order valence-corrected chi connectivity index (χ1v) is 4.48. The van der Waals surface area contributed by atoms with Gasteiger partial charge in [-0.3, -0.25) is 0 Å². The minimum atomic E-state index is -2.35. The Bertz CT molecular complexity index is 134. The predicted octanol–water partition coefficient (Wildman–Crippen LogP) is 1.64. The van der Waals surface area contributed by atoms with Crippen LogP contribution in [0.4, 0.5) is 8.78 Å². The van der Waals surface area contributed by atoms with E-state index in [0.717, 1.165) is 0 Å². The number of hydrogen-bond donors (Lipinski definition) is 2. The lowest BCUT2D eigenvalue weighted by Gasteiger charge is -2.22. The molecule has 0 saturated carbocycles. The fourth-order valence-electron chi connectivity index (χ4n) is 1.14. The normalized spacial score (nSPS) is 15.0. The van der Waals surface area contributed by atoms with Crippen LogP contribution in [0.5, 0.6) is 0 Å². The molecule has 0 radical (unpaired) electrons. The third-order valence-corrected chi connectivity index (χ3v) is 1.53. The minimum absolute atomic E-state index is 0.0337. The Morgan fingerprint density at radius 3 is 2.15 bits per heavy atom. The van der Waals surface area contributed by atoms with Gasteiger partial charge in [0.05, 0.1) is 12.6 Å². The van der Waals surface area contributed by atoms with Crippen LogP contribution in [-0.2, 0) is 0 Å². The Labute approximate surface area is 78.3 Å². The SMILES string of the molecule is CC(C)(C)CC(O)CNCC(F)F. The van der Waals surface area contributed by atoms with Crippen LogP contribution in [0, 0.1) is 5.41 Å². The van der Waals surface area contributed by atoms with E-state index in [9.17, 15) is 13.9 Å². The van der Waals surface area contributed by atoms with Gasteiger partial charge in [-0.25, -0.2) is 8.78 Å². The number of alkyl halides is 2. The van der Waals surface area contributed by atoms with Gasteiger partial charge in [-0.15, -0.1) is 0 Å². The van der Waals surface area contributed by atoms with E-state index in [0.29, 0.717) is 6.42 Å². The Kier molecular flexibility index (Phi) is 5.40. The van der Waals surface area contributed by atoms with E-state index < -0.39 is 12.5 Å². The highest BCUT2D eigenvalue weighted by molar-refractivity contribution is 4.69. The molecule has 0 aliphatic rings. The number of aliphatic hydroxyl groups excluding tert-OH is 1. The van der Waals surface area contributed by atoms with Gasteiger partial charge in [-0.05, 0) is 11.8 Å². The van der Waals surface area contributed by atoms with Gasteiger partial charge >= 0.3 is 0 Å². The second-order valence-corrected chi connectivity index (χ2v) is 4.47. The van der Waals surface area contributed by atoms with Gasteiger partial charge in [-0.1, -0.05) is 20.8 Å². The van der Waals surface area contributed by atoms with Gasteiger partial charge in [0.15, 0.2) is 0 Å². The summed E-state index contributed by atoms with van der Waals surface area (Å²) in [6.07, 6.45) is -2.27. The molecule has 0 aromatic heterocycles. The maximum absolute atomic E-state index is 11.7. The highest BCUT2D eigenvalue weighted by atomic mass is 19.3. The second-order valence-electron chi connectivity index (χ2n) is 4.47. The molecular formula is C9H19F2NO.